The molecule has 0 amide bonds. The Kier molecular flexibility index (Phi) is 5.80. The topological polar surface area (TPSA) is 56.4 Å². The van der Waals surface area contributed by atoms with E-state index in [1.165, 1.54) is 0 Å². The van der Waals surface area contributed by atoms with Crippen molar-refractivity contribution >= 4 is 5.71 Å². The van der Waals surface area contributed by atoms with Gasteiger partial charge in [-0.15, -0.1) is 0 Å². The summed E-state index contributed by atoms with van der Waals surface area (Å²) in [5.74, 6) is -0.450. The summed E-state index contributed by atoms with van der Waals surface area (Å²) in [5.41, 5.74) is 3.46. The molecule has 3 aromatic rings. The smallest absolute Gasteiger partial charge is 0.0874 e. The summed E-state index contributed by atoms with van der Waals surface area (Å²) in [6.07, 6.45) is 0.470. The lowest BCUT2D eigenvalue weighted by atomic mass is 9.78. The zero-order valence-corrected chi connectivity index (χ0v) is 14.4. The number of rotatable bonds is 6. The second-order valence-corrected chi connectivity index (χ2v) is 6.15. The molecule has 0 aliphatic heterocycles. The van der Waals surface area contributed by atoms with Crippen molar-refractivity contribution in [1.82, 2.24) is 0 Å². The lowest BCUT2D eigenvalue weighted by molar-refractivity contribution is 0.317. The van der Waals surface area contributed by atoms with Crippen LogP contribution in [0.15, 0.2) is 96.2 Å². The predicted molar refractivity (Wildman–Crippen MR) is 103 cm³/mol. The number of oxime groups is 1. The molecule has 0 saturated heterocycles. The molecule has 0 radical (unpaired) electrons. The molecule has 0 bridgehead atoms. The molecule has 0 heterocycles. The van der Waals surface area contributed by atoms with Gasteiger partial charge in [-0.25, -0.2) is 0 Å². The minimum atomic E-state index is -0.334. The molecule has 1 N–H and O–H groups in total. The molecule has 3 nitrogen and oxygen atoms in total. The van der Waals surface area contributed by atoms with Gasteiger partial charge >= 0.3 is 0 Å². The Morgan fingerprint density at radius 2 is 1.31 bits per heavy atom. The maximum Gasteiger partial charge on any atom is 0.0874 e. The minimum absolute atomic E-state index is 0.116. The second-order valence-electron chi connectivity index (χ2n) is 6.15. The molecule has 0 unspecified atom stereocenters. The van der Waals surface area contributed by atoms with Crippen LogP contribution in [0.2, 0.25) is 0 Å². The third-order valence-corrected chi connectivity index (χ3v) is 4.57. The van der Waals surface area contributed by atoms with Crippen molar-refractivity contribution in [2.24, 2.45) is 5.16 Å². The van der Waals surface area contributed by atoms with Gasteiger partial charge < -0.3 is 5.21 Å². The summed E-state index contributed by atoms with van der Waals surface area (Å²) in [6, 6.07) is 31.8. The summed E-state index contributed by atoms with van der Waals surface area (Å²) < 4.78 is 0. The van der Waals surface area contributed by atoms with Gasteiger partial charge in [-0.2, -0.15) is 5.26 Å². The zero-order chi connectivity index (χ0) is 18.2. The Labute approximate surface area is 153 Å². The van der Waals surface area contributed by atoms with Crippen molar-refractivity contribution in [3.63, 3.8) is 0 Å². The molecular formula is C23H20N2O. The van der Waals surface area contributed by atoms with Gasteiger partial charge in [0.15, 0.2) is 0 Å². The highest BCUT2D eigenvalue weighted by Gasteiger charge is 2.27. The van der Waals surface area contributed by atoms with Crippen LogP contribution in [0.3, 0.4) is 0 Å². The first kappa shape index (κ1) is 17.4. The Morgan fingerprint density at radius 3 is 1.81 bits per heavy atom. The van der Waals surface area contributed by atoms with Crippen molar-refractivity contribution in [2.75, 3.05) is 0 Å². The SMILES string of the molecule is N#C[C@@H](c1ccccc1)[C@@H](C/C(=N/O)c1ccccc1)c1ccccc1. The van der Waals surface area contributed by atoms with Crippen molar-refractivity contribution in [1.29, 1.82) is 5.26 Å². The number of hydrogen-bond acceptors (Lipinski definition) is 3. The molecule has 0 saturated carbocycles. The lowest BCUT2D eigenvalue weighted by Crippen LogP contribution is -2.15. The van der Waals surface area contributed by atoms with Crippen molar-refractivity contribution in [2.45, 2.75) is 18.3 Å². The molecule has 0 aromatic heterocycles. The van der Waals surface area contributed by atoms with E-state index in [0.717, 1.165) is 16.7 Å². The van der Waals surface area contributed by atoms with Crippen molar-refractivity contribution in [3.05, 3.63) is 108 Å². The molecule has 26 heavy (non-hydrogen) atoms. The molecule has 0 spiro atoms. The van der Waals surface area contributed by atoms with Gasteiger partial charge in [-0.3, -0.25) is 0 Å². The Bertz CT molecular complexity index is 884. The van der Waals surface area contributed by atoms with Gasteiger partial charge in [0.2, 0.25) is 0 Å². The van der Waals surface area contributed by atoms with E-state index in [1.54, 1.807) is 0 Å². The fraction of sp³-hybridized carbons (Fsp3) is 0.130. The maximum absolute atomic E-state index is 9.91. The number of benzene rings is 3. The number of nitrogens with zero attached hydrogens (tertiary/aromatic N) is 2. The largest absolute Gasteiger partial charge is 0.411 e. The zero-order valence-electron chi connectivity index (χ0n) is 14.4. The summed E-state index contributed by atoms with van der Waals surface area (Å²) in [5, 5.41) is 23.1. The van der Waals surface area contributed by atoms with E-state index in [-0.39, 0.29) is 11.8 Å². The van der Waals surface area contributed by atoms with Gasteiger partial charge in [0.1, 0.15) is 0 Å². The monoisotopic (exact) mass is 340 g/mol. The van der Waals surface area contributed by atoms with Crippen LogP contribution < -0.4 is 0 Å². The van der Waals surface area contributed by atoms with E-state index in [1.807, 2.05) is 91.0 Å². The molecule has 3 rings (SSSR count). The summed E-state index contributed by atoms with van der Waals surface area (Å²) in [4.78, 5) is 0. The van der Waals surface area contributed by atoms with E-state index >= 15 is 0 Å². The van der Waals surface area contributed by atoms with Crippen molar-refractivity contribution < 1.29 is 5.21 Å². The summed E-state index contributed by atoms with van der Waals surface area (Å²) >= 11 is 0. The Balaban J connectivity index is 2.00. The third-order valence-electron chi connectivity index (χ3n) is 4.57. The fourth-order valence-electron chi connectivity index (χ4n) is 3.24. The first-order valence-corrected chi connectivity index (χ1v) is 8.59. The second kappa shape index (κ2) is 8.64. The van der Waals surface area contributed by atoms with E-state index in [2.05, 4.69) is 11.2 Å². The molecule has 2 atom stereocenters. The fourth-order valence-corrected chi connectivity index (χ4v) is 3.24. The minimum Gasteiger partial charge on any atom is -0.411 e. The number of nitriles is 1. The van der Waals surface area contributed by atoms with E-state index in [4.69, 9.17) is 0 Å². The van der Waals surface area contributed by atoms with Crippen LogP contribution in [-0.4, -0.2) is 10.9 Å². The Hall–Kier alpha value is -3.38. The lowest BCUT2D eigenvalue weighted by Gasteiger charge is -2.23. The van der Waals surface area contributed by atoms with Crippen LogP contribution in [0, 0.1) is 11.3 Å². The average Bonchev–Trinajstić information content (AvgIpc) is 2.73. The van der Waals surface area contributed by atoms with E-state index < -0.39 is 0 Å². The molecule has 3 aromatic carbocycles. The quantitative estimate of drug-likeness (QED) is 0.374. The highest BCUT2D eigenvalue weighted by Crippen LogP contribution is 2.36. The third kappa shape index (κ3) is 3.99. The van der Waals surface area contributed by atoms with Gasteiger partial charge in [0, 0.05) is 12.3 Å². The van der Waals surface area contributed by atoms with Gasteiger partial charge in [0.25, 0.3) is 0 Å². The molecule has 0 aliphatic rings. The predicted octanol–water partition coefficient (Wildman–Crippen LogP) is 5.35. The molecule has 0 aliphatic carbocycles. The average molecular weight is 340 g/mol. The molecule has 3 heteroatoms. The van der Waals surface area contributed by atoms with Crippen LogP contribution >= 0.6 is 0 Å². The standard InChI is InChI=1S/C23H20N2O/c24-17-22(19-12-6-2-7-13-19)21(18-10-4-1-5-11-18)16-23(25-26)20-14-8-3-9-15-20/h1-15,21-22,26H,16H2/b25-23-/t21-,22-/m0/s1. The van der Waals surface area contributed by atoms with E-state index in [9.17, 15) is 10.5 Å². The van der Waals surface area contributed by atoms with Gasteiger partial charge in [0.05, 0.1) is 17.7 Å². The first-order chi connectivity index (χ1) is 12.8. The maximum atomic E-state index is 9.91. The van der Waals surface area contributed by atoms with Crippen LogP contribution in [0.1, 0.15) is 34.9 Å². The van der Waals surface area contributed by atoms with Crippen LogP contribution in [-0.2, 0) is 0 Å². The normalized spacial score (nSPS) is 13.6. The molecular weight excluding hydrogens is 320 g/mol. The van der Waals surface area contributed by atoms with Crippen LogP contribution in [0.5, 0.6) is 0 Å². The first-order valence-electron chi connectivity index (χ1n) is 8.59. The highest BCUT2D eigenvalue weighted by atomic mass is 16.4. The Morgan fingerprint density at radius 1 is 0.808 bits per heavy atom. The molecule has 0 fully saturated rings. The van der Waals surface area contributed by atoms with Gasteiger partial charge in [-0.1, -0.05) is 96.2 Å². The summed E-state index contributed by atoms with van der Waals surface area (Å²) in [6.45, 7) is 0. The van der Waals surface area contributed by atoms with Crippen molar-refractivity contribution in [3.8, 4) is 6.07 Å². The summed E-state index contributed by atoms with van der Waals surface area (Å²) in [7, 11) is 0. The number of hydrogen-bond donors (Lipinski definition) is 1. The van der Waals surface area contributed by atoms with Crippen LogP contribution in [0.25, 0.3) is 0 Å². The highest BCUT2D eigenvalue weighted by molar-refractivity contribution is 6.00. The molecule has 128 valence electrons. The van der Waals surface area contributed by atoms with Gasteiger partial charge in [-0.05, 0) is 16.7 Å². The van der Waals surface area contributed by atoms with Crippen LogP contribution in [0.4, 0.5) is 0 Å². The van der Waals surface area contributed by atoms with E-state index in [0.29, 0.717) is 12.1 Å².